The Morgan fingerprint density at radius 2 is 1.90 bits per heavy atom. The van der Waals surface area contributed by atoms with Crippen molar-refractivity contribution < 1.29 is 5.11 Å². The molecule has 0 aliphatic heterocycles. The lowest BCUT2D eigenvalue weighted by molar-refractivity contribution is -0.0239. The first-order valence-electron chi connectivity index (χ1n) is 7.13. The Hall–Kier alpha value is -0.0900. The van der Waals surface area contributed by atoms with Crippen LogP contribution < -0.4 is 5.73 Å². The molecule has 1 aromatic carbocycles. The Balaban J connectivity index is 2.27. The van der Waals surface area contributed by atoms with Crippen molar-refractivity contribution in [1.82, 2.24) is 0 Å². The third-order valence-electron chi connectivity index (χ3n) is 4.84. The van der Waals surface area contributed by atoms with Crippen molar-refractivity contribution in [2.75, 3.05) is 6.54 Å². The van der Waals surface area contributed by atoms with E-state index in [9.17, 15) is 5.11 Å². The van der Waals surface area contributed by atoms with E-state index in [0.717, 1.165) is 35.7 Å². The zero-order valence-electron chi connectivity index (χ0n) is 12.1. The molecule has 4 heteroatoms. The van der Waals surface area contributed by atoms with Gasteiger partial charge in [0, 0.05) is 21.5 Å². The molecule has 112 valence electrons. The van der Waals surface area contributed by atoms with E-state index < -0.39 is 6.10 Å². The van der Waals surface area contributed by atoms with E-state index in [1.165, 1.54) is 0 Å². The van der Waals surface area contributed by atoms with Gasteiger partial charge in [0.2, 0.25) is 0 Å². The van der Waals surface area contributed by atoms with Crippen LogP contribution in [0.4, 0.5) is 0 Å². The van der Waals surface area contributed by atoms with E-state index in [4.69, 9.17) is 17.3 Å². The van der Waals surface area contributed by atoms with Crippen LogP contribution in [0.3, 0.4) is 0 Å². The minimum absolute atomic E-state index is 0.216. The van der Waals surface area contributed by atoms with Crippen LogP contribution >= 0.6 is 27.5 Å². The van der Waals surface area contributed by atoms with E-state index in [-0.39, 0.29) is 5.41 Å². The molecule has 1 aromatic rings. The lowest BCUT2D eigenvalue weighted by Crippen LogP contribution is -2.42. The van der Waals surface area contributed by atoms with Crippen molar-refractivity contribution in [2.24, 2.45) is 16.6 Å². The molecule has 0 amide bonds. The number of nitrogens with two attached hydrogens (primary N) is 1. The standard InChI is InChI=1S/C16H23BrClNO/c1-15(2)5-7-16(10-19,8-6-15)14(20)12-4-3-11(18)9-13(12)17/h3-4,9,14,20H,5-8,10,19H2,1-2H3. The molecule has 0 bridgehead atoms. The number of aliphatic hydroxyl groups is 1. The largest absolute Gasteiger partial charge is 0.388 e. The molecule has 1 saturated carbocycles. The highest BCUT2D eigenvalue weighted by atomic mass is 79.9. The number of hydrogen-bond acceptors (Lipinski definition) is 2. The van der Waals surface area contributed by atoms with Crippen LogP contribution in [-0.4, -0.2) is 11.7 Å². The predicted octanol–water partition coefficient (Wildman–Crippen LogP) is 4.68. The topological polar surface area (TPSA) is 46.2 Å². The summed E-state index contributed by atoms with van der Waals surface area (Å²) in [6.07, 6.45) is 3.59. The van der Waals surface area contributed by atoms with E-state index >= 15 is 0 Å². The van der Waals surface area contributed by atoms with Crippen molar-refractivity contribution in [3.63, 3.8) is 0 Å². The minimum atomic E-state index is -0.546. The summed E-state index contributed by atoms with van der Waals surface area (Å²) in [6, 6.07) is 5.55. The van der Waals surface area contributed by atoms with Gasteiger partial charge in [0.15, 0.2) is 0 Å². The monoisotopic (exact) mass is 359 g/mol. The molecule has 1 aliphatic carbocycles. The Morgan fingerprint density at radius 3 is 2.40 bits per heavy atom. The number of hydrogen-bond donors (Lipinski definition) is 2. The third-order valence-corrected chi connectivity index (χ3v) is 5.76. The zero-order valence-corrected chi connectivity index (χ0v) is 14.5. The zero-order chi connectivity index (χ0) is 15.0. The summed E-state index contributed by atoms with van der Waals surface area (Å²) in [5.41, 5.74) is 7.07. The molecule has 0 radical (unpaired) electrons. The lowest BCUT2D eigenvalue weighted by atomic mass is 9.62. The van der Waals surface area contributed by atoms with Gasteiger partial charge in [-0.2, -0.15) is 0 Å². The van der Waals surface area contributed by atoms with Gasteiger partial charge in [0.05, 0.1) is 6.10 Å². The highest BCUT2D eigenvalue weighted by molar-refractivity contribution is 9.10. The van der Waals surface area contributed by atoms with E-state index in [0.29, 0.717) is 17.0 Å². The number of benzene rings is 1. The molecule has 0 heterocycles. The van der Waals surface area contributed by atoms with Crippen molar-refractivity contribution >= 4 is 27.5 Å². The molecule has 1 aliphatic rings. The van der Waals surface area contributed by atoms with Crippen LogP contribution in [0.25, 0.3) is 0 Å². The van der Waals surface area contributed by atoms with Gasteiger partial charge in [-0.15, -0.1) is 0 Å². The van der Waals surface area contributed by atoms with Gasteiger partial charge < -0.3 is 10.8 Å². The fourth-order valence-electron chi connectivity index (χ4n) is 3.07. The molecule has 0 aromatic heterocycles. The lowest BCUT2D eigenvalue weighted by Gasteiger charge is -2.46. The SMILES string of the molecule is CC1(C)CCC(CN)(C(O)c2ccc(Cl)cc2Br)CC1. The fraction of sp³-hybridized carbons (Fsp3) is 0.625. The van der Waals surface area contributed by atoms with Crippen LogP contribution in [-0.2, 0) is 0 Å². The number of rotatable bonds is 3. The van der Waals surface area contributed by atoms with Crippen LogP contribution in [0.1, 0.15) is 51.2 Å². The summed E-state index contributed by atoms with van der Waals surface area (Å²) in [5, 5.41) is 11.6. The van der Waals surface area contributed by atoms with E-state index in [1.54, 1.807) is 0 Å². The Morgan fingerprint density at radius 1 is 1.30 bits per heavy atom. The molecule has 3 N–H and O–H groups in total. The summed E-state index contributed by atoms with van der Waals surface area (Å²) in [6.45, 7) is 5.09. The molecular weight excluding hydrogens is 338 g/mol. The molecule has 0 spiro atoms. The van der Waals surface area contributed by atoms with Crippen LogP contribution in [0.15, 0.2) is 22.7 Å². The number of halogens is 2. The highest BCUT2D eigenvalue weighted by Crippen LogP contribution is 2.51. The summed E-state index contributed by atoms with van der Waals surface area (Å²) >= 11 is 9.48. The molecular formula is C16H23BrClNO. The summed E-state index contributed by atoms with van der Waals surface area (Å²) in [7, 11) is 0. The van der Waals surface area contributed by atoms with Gasteiger partial charge in [-0.05, 0) is 48.8 Å². The van der Waals surface area contributed by atoms with Crippen molar-refractivity contribution in [3.8, 4) is 0 Å². The van der Waals surface area contributed by atoms with Crippen molar-refractivity contribution in [1.29, 1.82) is 0 Å². The average molecular weight is 361 g/mol. The maximum Gasteiger partial charge on any atom is 0.0869 e. The molecule has 2 rings (SSSR count). The second-order valence-electron chi connectivity index (χ2n) is 6.80. The highest BCUT2D eigenvalue weighted by Gasteiger charge is 2.43. The summed E-state index contributed by atoms with van der Waals surface area (Å²) in [4.78, 5) is 0. The smallest absolute Gasteiger partial charge is 0.0869 e. The van der Waals surface area contributed by atoms with E-state index in [1.807, 2.05) is 18.2 Å². The van der Waals surface area contributed by atoms with Gasteiger partial charge in [-0.3, -0.25) is 0 Å². The Bertz CT molecular complexity index is 479. The maximum atomic E-state index is 10.9. The second-order valence-corrected chi connectivity index (χ2v) is 8.09. The van der Waals surface area contributed by atoms with Crippen molar-refractivity contribution in [3.05, 3.63) is 33.3 Å². The first-order valence-corrected chi connectivity index (χ1v) is 8.30. The Labute approximate surface area is 134 Å². The Kier molecular flexibility index (Phi) is 4.85. The molecule has 1 unspecified atom stereocenters. The quantitative estimate of drug-likeness (QED) is 0.822. The normalized spacial score (nSPS) is 22.5. The minimum Gasteiger partial charge on any atom is -0.388 e. The van der Waals surface area contributed by atoms with Crippen molar-refractivity contribution in [2.45, 2.75) is 45.6 Å². The van der Waals surface area contributed by atoms with Crippen LogP contribution in [0, 0.1) is 10.8 Å². The average Bonchev–Trinajstić information content (AvgIpc) is 2.39. The second kappa shape index (κ2) is 5.96. The van der Waals surface area contributed by atoms with Gasteiger partial charge in [-0.25, -0.2) is 0 Å². The van der Waals surface area contributed by atoms with Gasteiger partial charge in [0.25, 0.3) is 0 Å². The molecule has 1 atom stereocenters. The molecule has 2 nitrogen and oxygen atoms in total. The van der Waals surface area contributed by atoms with Crippen LogP contribution in [0.2, 0.25) is 5.02 Å². The van der Waals surface area contributed by atoms with Gasteiger partial charge in [-0.1, -0.05) is 47.4 Å². The number of aliphatic hydroxyl groups excluding tert-OH is 1. The molecule has 1 fully saturated rings. The van der Waals surface area contributed by atoms with E-state index in [2.05, 4.69) is 29.8 Å². The van der Waals surface area contributed by atoms with Crippen LogP contribution in [0.5, 0.6) is 0 Å². The fourth-order valence-corrected chi connectivity index (χ4v) is 3.97. The summed E-state index contributed by atoms with van der Waals surface area (Å²) < 4.78 is 0.857. The first kappa shape index (κ1) is 16.3. The molecule has 0 saturated heterocycles. The van der Waals surface area contributed by atoms with Gasteiger partial charge >= 0.3 is 0 Å². The maximum absolute atomic E-state index is 10.9. The summed E-state index contributed by atoms with van der Waals surface area (Å²) in [5.74, 6) is 0. The first-order chi connectivity index (χ1) is 9.30. The predicted molar refractivity (Wildman–Crippen MR) is 87.8 cm³/mol. The van der Waals surface area contributed by atoms with Gasteiger partial charge in [0.1, 0.15) is 0 Å². The molecule has 20 heavy (non-hydrogen) atoms. The third kappa shape index (κ3) is 3.22.